The molecule has 32 heavy (non-hydrogen) atoms. The summed E-state index contributed by atoms with van der Waals surface area (Å²) in [5, 5.41) is 4.20. The van der Waals surface area contributed by atoms with Crippen molar-refractivity contribution in [2.75, 3.05) is 18.3 Å². The van der Waals surface area contributed by atoms with Gasteiger partial charge < -0.3 is 4.74 Å². The van der Waals surface area contributed by atoms with E-state index in [1.807, 2.05) is 13.8 Å². The molecule has 0 spiro atoms. The van der Waals surface area contributed by atoms with Crippen LogP contribution in [0.5, 0.6) is 0 Å². The van der Waals surface area contributed by atoms with Crippen LogP contribution in [0.15, 0.2) is 34.0 Å². The van der Waals surface area contributed by atoms with E-state index in [9.17, 15) is 22.8 Å². The molecule has 0 radical (unpaired) electrons. The molecule has 0 atom stereocenters. The van der Waals surface area contributed by atoms with E-state index >= 15 is 0 Å². The minimum Gasteiger partial charge on any atom is -0.448 e. The standard InChI is InChI=1S/C20H25N5O6S/c1-5-10-31-19(27)22-24-18(26)15-12-14(16-8-9-21-23(16)7-3)13(6-2)11-17(15)25(20(24)28)32(4,29)30/h8-9,11-12H,5-7,10H2,1-4H3,(H,22,27). The second kappa shape index (κ2) is 8.99. The minimum atomic E-state index is -4.12. The summed E-state index contributed by atoms with van der Waals surface area (Å²) in [5.41, 5.74) is 2.05. The summed E-state index contributed by atoms with van der Waals surface area (Å²) in [6.45, 7) is 6.23. The van der Waals surface area contributed by atoms with Crippen LogP contribution in [0, 0.1) is 0 Å². The van der Waals surface area contributed by atoms with E-state index in [1.54, 1.807) is 23.9 Å². The third-order valence-electron chi connectivity index (χ3n) is 4.88. The topological polar surface area (TPSA) is 134 Å². The van der Waals surface area contributed by atoms with Gasteiger partial charge in [-0.2, -0.15) is 13.7 Å². The fourth-order valence-corrected chi connectivity index (χ4v) is 4.33. The second-order valence-electron chi connectivity index (χ2n) is 7.11. The van der Waals surface area contributed by atoms with Crippen molar-refractivity contribution in [3.63, 3.8) is 0 Å². The number of hydrogen-bond donors (Lipinski definition) is 1. The zero-order valence-electron chi connectivity index (χ0n) is 18.3. The largest absolute Gasteiger partial charge is 0.448 e. The average Bonchev–Trinajstić information content (AvgIpc) is 3.22. The van der Waals surface area contributed by atoms with Crippen LogP contribution >= 0.6 is 0 Å². The van der Waals surface area contributed by atoms with Crippen LogP contribution in [0.2, 0.25) is 0 Å². The van der Waals surface area contributed by atoms with Crippen molar-refractivity contribution < 1.29 is 17.9 Å². The number of ether oxygens (including phenoxy) is 1. The number of aromatic nitrogens is 4. The van der Waals surface area contributed by atoms with E-state index < -0.39 is 27.4 Å². The Balaban J connectivity index is 2.40. The zero-order chi connectivity index (χ0) is 23.6. The lowest BCUT2D eigenvalue weighted by Gasteiger charge is -2.16. The molecule has 0 aliphatic rings. The molecule has 11 nitrogen and oxygen atoms in total. The zero-order valence-corrected chi connectivity index (χ0v) is 19.1. The molecular weight excluding hydrogens is 438 g/mol. The minimum absolute atomic E-state index is 0.0538. The molecule has 0 unspecified atom stereocenters. The van der Waals surface area contributed by atoms with Crippen molar-refractivity contribution in [2.45, 2.75) is 40.2 Å². The van der Waals surface area contributed by atoms with E-state index in [2.05, 4.69) is 10.5 Å². The highest BCUT2D eigenvalue weighted by Crippen LogP contribution is 2.28. The van der Waals surface area contributed by atoms with Crippen molar-refractivity contribution in [1.29, 1.82) is 0 Å². The lowest BCUT2D eigenvalue weighted by atomic mass is 9.99. The lowest BCUT2D eigenvalue weighted by molar-refractivity contribution is 0.158. The van der Waals surface area contributed by atoms with Gasteiger partial charge in [0.05, 0.1) is 29.5 Å². The second-order valence-corrected chi connectivity index (χ2v) is 8.94. The molecule has 0 fully saturated rings. The van der Waals surface area contributed by atoms with Gasteiger partial charge in [0.1, 0.15) is 0 Å². The van der Waals surface area contributed by atoms with Gasteiger partial charge in [-0.15, -0.1) is 0 Å². The molecule has 0 bridgehead atoms. The Bertz CT molecular complexity index is 1400. The van der Waals surface area contributed by atoms with E-state index in [1.165, 1.54) is 12.1 Å². The van der Waals surface area contributed by atoms with Crippen molar-refractivity contribution in [3.05, 3.63) is 50.8 Å². The first-order valence-corrected chi connectivity index (χ1v) is 12.0. The highest BCUT2D eigenvalue weighted by atomic mass is 32.2. The molecule has 172 valence electrons. The van der Waals surface area contributed by atoms with Crippen LogP contribution in [0.25, 0.3) is 22.2 Å². The fourth-order valence-electron chi connectivity index (χ4n) is 3.45. The van der Waals surface area contributed by atoms with Crippen LogP contribution in [0.4, 0.5) is 4.79 Å². The first-order chi connectivity index (χ1) is 15.1. The fraction of sp³-hybridized carbons (Fsp3) is 0.400. The SMILES string of the molecule is CCCOC(=O)Nn1c(=O)c2cc(-c3ccnn3CC)c(CC)cc2n(S(C)(=O)=O)c1=O. The number of hydrogen-bond acceptors (Lipinski definition) is 7. The number of amides is 1. The quantitative estimate of drug-likeness (QED) is 0.561. The lowest BCUT2D eigenvalue weighted by Crippen LogP contribution is -2.48. The number of fused-ring (bicyclic) bond motifs is 1. The van der Waals surface area contributed by atoms with E-state index in [4.69, 9.17) is 4.74 Å². The van der Waals surface area contributed by atoms with Crippen LogP contribution < -0.4 is 16.7 Å². The van der Waals surface area contributed by atoms with Crippen molar-refractivity contribution in [3.8, 4) is 11.3 Å². The van der Waals surface area contributed by atoms with Crippen LogP contribution in [0.1, 0.15) is 32.8 Å². The first kappa shape index (κ1) is 23.3. The number of nitrogens with zero attached hydrogens (tertiary/aromatic N) is 4. The number of carbonyl (C=O) groups excluding carboxylic acids is 1. The highest BCUT2D eigenvalue weighted by Gasteiger charge is 2.23. The molecule has 0 aliphatic heterocycles. The Kier molecular flexibility index (Phi) is 6.53. The number of nitrogens with one attached hydrogen (secondary N) is 1. The van der Waals surface area contributed by atoms with Crippen molar-refractivity contribution >= 4 is 27.0 Å². The van der Waals surface area contributed by atoms with Crippen molar-refractivity contribution in [1.82, 2.24) is 18.4 Å². The Morgan fingerprint density at radius 1 is 1.19 bits per heavy atom. The predicted octanol–water partition coefficient (Wildman–Crippen LogP) is 1.51. The first-order valence-electron chi connectivity index (χ1n) is 10.1. The van der Waals surface area contributed by atoms with Gasteiger partial charge in [-0.05, 0) is 43.5 Å². The van der Waals surface area contributed by atoms with E-state index in [-0.39, 0.29) is 17.5 Å². The Hall–Kier alpha value is -3.41. The summed E-state index contributed by atoms with van der Waals surface area (Å²) >= 11 is 0. The molecule has 12 heteroatoms. The molecule has 0 saturated carbocycles. The Morgan fingerprint density at radius 2 is 1.91 bits per heavy atom. The molecule has 0 saturated heterocycles. The molecule has 0 aliphatic carbocycles. The van der Waals surface area contributed by atoms with Gasteiger partial charge >= 0.3 is 11.8 Å². The Labute approximate surface area is 184 Å². The van der Waals surface area contributed by atoms with Crippen LogP contribution in [-0.4, -0.2) is 45.8 Å². The summed E-state index contributed by atoms with van der Waals surface area (Å²) in [4.78, 5) is 38.1. The third kappa shape index (κ3) is 4.17. The summed E-state index contributed by atoms with van der Waals surface area (Å²) in [6.07, 6.45) is 2.48. The molecule has 3 aromatic rings. The maximum atomic E-state index is 13.2. The van der Waals surface area contributed by atoms with Gasteiger partial charge in [-0.25, -0.2) is 23.4 Å². The maximum Gasteiger partial charge on any atom is 0.426 e. The molecule has 1 amide bonds. The molecule has 2 aromatic heterocycles. The summed E-state index contributed by atoms with van der Waals surface area (Å²) < 4.78 is 32.5. The number of rotatable bonds is 7. The van der Waals surface area contributed by atoms with Crippen LogP contribution in [-0.2, 0) is 27.7 Å². The van der Waals surface area contributed by atoms with Gasteiger partial charge in [-0.1, -0.05) is 13.8 Å². The highest BCUT2D eigenvalue weighted by molar-refractivity contribution is 7.89. The Morgan fingerprint density at radius 3 is 2.50 bits per heavy atom. The van der Waals surface area contributed by atoms with Crippen LogP contribution in [0.3, 0.4) is 0 Å². The summed E-state index contributed by atoms with van der Waals surface area (Å²) in [5.74, 6) is 0. The van der Waals surface area contributed by atoms with Gasteiger partial charge in [0.2, 0.25) is 10.0 Å². The monoisotopic (exact) mass is 463 g/mol. The molecule has 1 N–H and O–H groups in total. The number of benzene rings is 1. The van der Waals surface area contributed by atoms with Gasteiger partial charge in [0, 0.05) is 18.3 Å². The predicted molar refractivity (Wildman–Crippen MR) is 120 cm³/mol. The molecule has 3 rings (SSSR count). The average molecular weight is 464 g/mol. The van der Waals surface area contributed by atoms with Gasteiger partial charge in [0.25, 0.3) is 5.56 Å². The normalized spacial score (nSPS) is 11.6. The van der Waals surface area contributed by atoms with Crippen molar-refractivity contribution in [2.24, 2.45) is 0 Å². The summed E-state index contributed by atoms with van der Waals surface area (Å²) in [6, 6.07) is 4.83. The van der Waals surface area contributed by atoms with Gasteiger partial charge in [-0.3, -0.25) is 9.48 Å². The summed E-state index contributed by atoms with van der Waals surface area (Å²) in [7, 11) is -4.12. The number of carbonyl (C=O) groups is 1. The molecule has 2 heterocycles. The smallest absolute Gasteiger partial charge is 0.426 e. The maximum absolute atomic E-state index is 13.2. The van der Waals surface area contributed by atoms with E-state index in [0.29, 0.717) is 33.6 Å². The molecule has 1 aromatic carbocycles. The molecular formula is C20H25N5O6S. The van der Waals surface area contributed by atoms with E-state index in [0.717, 1.165) is 17.5 Å². The third-order valence-corrected chi connectivity index (χ3v) is 5.90. The number of aryl methyl sites for hydroxylation is 2. The van der Waals surface area contributed by atoms with Gasteiger partial charge in [0.15, 0.2) is 0 Å².